The van der Waals surface area contributed by atoms with Crippen LogP contribution in [0.2, 0.25) is 0 Å². The molecule has 3 rings (SSSR count). The van der Waals surface area contributed by atoms with Crippen molar-refractivity contribution in [2.75, 3.05) is 19.6 Å². The molecule has 1 fully saturated rings. The number of hydrogen-bond donors (Lipinski definition) is 1. The zero-order valence-electron chi connectivity index (χ0n) is 12.5. The summed E-state index contributed by atoms with van der Waals surface area (Å²) in [6.45, 7) is 4.34. The van der Waals surface area contributed by atoms with Crippen molar-refractivity contribution in [3.05, 3.63) is 41.2 Å². The highest BCUT2D eigenvalue weighted by Gasteiger charge is 2.25. The van der Waals surface area contributed by atoms with Crippen LogP contribution in [0.4, 0.5) is 4.39 Å². The molecule has 2 heterocycles. The van der Waals surface area contributed by atoms with E-state index < -0.39 is 0 Å². The van der Waals surface area contributed by atoms with E-state index in [2.05, 4.69) is 10.3 Å². The average molecular weight is 378 g/mol. The molecule has 1 N–H and O–H groups in total. The van der Waals surface area contributed by atoms with Crippen LogP contribution in [0.1, 0.15) is 17.4 Å². The molecule has 2 aromatic rings. The Kier molecular flexibility index (Phi) is 7.41. The minimum absolute atomic E-state index is 0. The van der Waals surface area contributed by atoms with Gasteiger partial charge in [-0.1, -0.05) is 0 Å². The highest BCUT2D eigenvalue weighted by Crippen LogP contribution is 2.24. The highest BCUT2D eigenvalue weighted by molar-refractivity contribution is 7.13. The van der Waals surface area contributed by atoms with Gasteiger partial charge in [0.15, 0.2) is 0 Å². The number of thiazole rings is 1. The molecule has 0 spiro atoms. The summed E-state index contributed by atoms with van der Waals surface area (Å²) < 4.78 is 12.9. The van der Waals surface area contributed by atoms with Crippen LogP contribution in [-0.2, 0) is 0 Å². The van der Waals surface area contributed by atoms with Crippen molar-refractivity contribution >= 4 is 42.1 Å². The van der Waals surface area contributed by atoms with Gasteiger partial charge >= 0.3 is 0 Å². The van der Waals surface area contributed by atoms with Crippen molar-refractivity contribution in [3.63, 3.8) is 0 Å². The second kappa shape index (κ2) is 8.59. The number of carbonyl (C=O) groups excluding carboxylic acids is 1. The summed E-state index contributed by atoms with van der Waals surface area (Å²) in [5.41, 5.74) is 1.29. The van der Waals surface area contributed by atoms with Gasteiger partial charge in [0.05, 0.1) is 0 Å². The zero-order chi connectivity index (χ0) is 14.8. The number of nitrogens with one attached hydrogen (secondary N) is 1. The first-order valence-corrected chi connectivity index (χ1v) is 7.76. The Morgan fingerprint density at radius 3 is 2.70 bits per heavy atom. The van der Waals surface area contributed by atoms with Gasteiger partial charge in [-0.15, -0.1) is 36.2 Å². The lowest BCUT2D eigenvalue weighted by Gasteiger charge is -2.33. The van der Waals surface area contributed by atoms with E-state index in [4.69, 9.17) is 0 Å². The fraction of sp³-hybridized carbons (Fsp3) is 0.333. The number of benzene rings is 1. The van der Waals surface area contributed by atoms with Crippen molar-refractivity contribution in [1.82, 2.24) is 15.2 Å². The maximum absolute atomic E-state index is 12.9. The van der Waals surface area contributed by atoms with Crippen molar-refractivity contribution in [1.29, 1.82) is 0 Å². The maximum Gasteiger partial charge on any atom is 0.273 e. The summed E-state index contributed by atoms with van der Waals surface area (Å²) in [6.07, 6.45) is 0. The predicted octanol–water partition coefficient (Wildman–Crippen LogP) is 3.23. The lowest BCUT2D eigenvalue weighted by molar-refractivity contribution is 0.0650. The molecule has 0 aliphatic carbocycles. The third kappa shape index (κ3) is 4.41. The minimum Gasteiger partial charge on any atom is -0.332 e. The van der Waals surface area contributed by atoms with Gasteiger partial charge in [-0.2, -0.15) is 0 Å². The van der Waals surface area contributed by atoms with Crippen molar-refractivity contribution in [3.8, 4) is 10.6 Å². The van der Waals surface area contributed by atoms with Gasteiger partial charge < -0.3 is 10.2 Å². The lowest BCUT2D eigenvalue weighted by Crippen LogP contribution is -2.52. The monoisotopic (exact) mass is 377 g/mol. The molecule has 1 atom stereocenters. The van der Waals surface area contributed by atoms with Crippen molar-refractivity contribution in [2.45, 2.75) is 13.0 Å². The number of halogens is 3. The Balaban J connectivity index is 0.00000132. The molecule has 0 saturated carbocycles. The molecule has 4 nitrogen and oxygen atoms in total. The quantitative estimate of drug-likeness (QED) is 0.873. The summed E-state index contributed by atoms with van der Waals surface area (Å²) in [7, 11) is 0. The smallest absolute Gasteiger partial charge is 0.273 e. The standard InChI is InChI=1S/C15H16FN3OS.2ClH/c1-10-8-17-6-7-19(10)15(20)13-9-21-14(18-13)11-2-4-12(16)5-3-11;;/h2-5,9-10,17H,6-8H2,1H3;2*1H/t10-;;/m0../s1. The van der Waals surface area contributed by atoms with Crippen LogP contribution in [0, 0.1) is 5.82 Å². The van der Waals surface area contributed by atoms with E-state index in [-0.39, 0.29) is 42.6 Å². The first-order valence-electron chi connectivity index (χ1n) is 6.88. The first-order chi connectivity index (χ1) is 10.1. The second-order valence-electron chi connectivity index (χ2n) is 5.10. The van der Waals surface area contributed by atoms with E-state index in [9.17, 15) is 9.18 Å². The van der Waals surface area contributed by atoms with Gasteiger partial charge in [0.1, 0.15) is 16.5 Å². The van der Waals surface area contributed by atoms with Gasteiger partial charge in [-0.25, -0.2) is 9.37 Å². The van der Waals surface area contributed by atoms with Crippen LogP contribution >= 0.6 is 36.2 Å². The van der Waals surface area contributed by atoms with Crippen LogP contribution in [0.25, 0.3) is 10.6 Å². The molecule has 0 radical (unpaired) electrons. The Morgan fingerprint density at radius 1 is 1.35 bits per heavy atom. The van der Waals surface area contributed by atoms with Crippen LogP contribution in [0.15, 0.2) is 29.6 Å². The summed E-state index contributed by atoms with van der Waals surface area (Å²) >= 11 is 1.41. The Morgan fingerprint density at radius 2 is 2.04 bits per heavy atom. The summed E-state index contributed by atoms with van der Waals surface area (Å²) in [4.78, 5) is 18.7. The van der Waals surface area contributed by atoms with E-state index in [0.717, 1.165) is 23.7 Å². The normalized spacial score (nSPS) is 17.1. The van der Waals surface area contributed by atoms with E-state index in [0.29, 0.717) is 12.2 Å². The zero-order valence-corrected chi connectivity index (χ0v) is 14.9. The van der Waals surface area contributed by atoms with Crippen LogP contribution in [0.5, 0.6) is 0 Å². The molecular formula is C15H18Cl2FN3OS. The number of hydrogen-bond acceptors (Lipinski definition) is 4. The fourth-order valence-electron chi connectivity index (χ4n) is 2.39. The molecule has 1 saturated heterocycles. The van der Waals surface area contributed by atoms with E-state index in [1.165, 1.54) is 23.5 Å². The SMILES string of the molecule is C[C@H]1CNCCN1C(=O)c1csc(-c2ccc(F)cc2)n1.Cl.Cl. The topological polar surface area (TPSA) is 45.2 Å². The van der Waals surface area contributed by atoms with Gasteiger partial charge in [0.25, 0.3) is 5.91 Å². The summed E-state index contributed by atoms with van der Waals surface area (Å²) in [6, 6.07) is 6.32. The van der Waals surface area contributed by atoms with E-state index >= 15 is 0 Å². The third-order valence-electron chi connectivity index (χ3n) is 3.58. The van der Waals surface area contributed by atoms with E-state index in [1.54, 1.807) is 17.5 Å². The molecule has 0 unspecified atom stereocenters. The Bertz CT molecular complexity index is 650. The lowest BCUT2D eigenvalue weighted by atomic mass is 10.2. The molecule has 1 aromatic heterocycles. The molecule has 1 amide bonds. The Hall–Kier alpha value is -1.21. The van der Waals surface area contributed by atoms with Crippen LogP contribution in [0.3, 0.4) is 0 Å². The van der Waals surface area contributed by atoms with Crippen LogP contribution in [-0.4, -0.2) is 41.5 Å². The molecule has 126 valence electrons. The van der Waals surface area contributed by atoms with Gasteiger partial charge in [0, 0.05) is 36.6 Å². The molecule has 1 aliphatic rings. The Labute approximate surface area is 150 Å². The summed E-state index contributed by atoms with van der Waals surface area (Å²) in [5.74, 6) is -0.310. The molecule has 1 aliphatic heterocycles. The number of aromatic nitrogens is 1. The third-order valence-corrected chi connectivity index (χ3v) is 4.47. The number of piperazine rings is 1. The van der Waals surface area contributed by atoms with Gasteiger partial charge in [-0.05, 0) is 31.2 Å². The molecule has 23 heavy (non-hydrogen) atoms. The second-order valence-corrected chi connectivity index (χ2v) is 5.95. The molecular weight excluding hydrogens is 360 g/mol. The first kappa shape index (κ1) is 19.8. The maximum atomic E-state index is 12.9. The number of nitrogens with zero attached hydrogens (tertiary/aromatic N) is 2. The number of amides is 1. The number of carbonyl (C=O) groups is 1. The summed E-state index contributed by atoms with van der Waals surface area (Å²) in [5, 5.41) is 5.77. The molecule has 1 aromatic carbocycles. The number of rotatable bonds is 2. The van der Waals surface area contributed by atoms with Gasteiger partial charge in [0.2, 0.25) is 0 Å². The highest BCUT2D eigenvalue weighted by atomic mass is 35.5. The average Bonchev–Trinajstić information content (AvgIpc) is 2.98. The minimum atomic E-state index is -0.277. The van der Waals surface area contributed by atoms with Crippen molar-refractivity contribution < 1.29 is 9.18 Å². The fourth-order valence-corrected chi connectivity index (χ4v) is 3.19. The molecule has 0 bridgehead atoms. The predicted molar refractivity (Wildman–Crippen MR) is 95.4 cm³/mol. The van der Waals surface area contributed by atoms with Gasteiger partial charge in [-0.3, -0.25) is 4.79 Å². The van der Waals surface area contributed by atoms with Crippen molar-refractivity contribution in [2.24, 2.45) is 0 Å². The van der Waals surface area contributed by atoms with E-state index in [1.807, 2.05) is 11.8 Å². The molecule has 8 heteroatoms. The van der Waals surface area contributed by atoms with Crippen LogP contribution < -0.4 is 5.32 Å². The largest absolute Gasteiger partial charge is 0.332 e.